The first kappa shape index (κ1) is 33.6. The van der Waals surface area contributed by atoms with Crippen molar-refractivity contribution in [1.29, 1.82) is 0 Å². The van der Waals surface area contributed by atoms with E-state index in [1.807, 2.05) is 32.0 Å². The Morgan fingerprint density at radius 3 is 2.51 bits per heavy atom. The number of amides is 3. The quantitative estimate of drug-likeness (QED) is 0.387. The summed E-state index contributed by atoms with van der Waals surface area (Å²) < 4.78 is 12.6. The number of rotatable bonds is 7. The smallest absolute Gasteiger partial charge is 0.258 e. The lowest BCUT2D eigenvalue weighted by Gasteiger charge is -2.36. The fraction of sp³-hybridized carbons (Fsp3) is 0.429. The summed E-state index contributed by atoms with van der Waals surface area (Å²) in [6, 6.07) is 16.9. The number of carbonyl (C=O) groups is 3. The molecule has 10 heteroatoms. The van der Waals surface area contributed by atoms with Crippen molar-refractivity contribution in [1.82, 2.24) is 14.8 Å². The number of hydrogen-bond donors (Lipinski definition) is 2. The molecule has 0 unspecified atom stereocenters. The highest BCUT2D eigenvalue weighted by atomic mass is 16.5. The number of nitrogens with one attached hydrogen (secondary N) is 1. The Morgan fingerprint density at radius 2 is 1.80 bits per heavy atom. The van der Waals surface area contributed by atoms with Crippen LogP contribution in [-0.4, -0.2) is 89.2 Å². The molecule has 2 aromatic carbocycles. The van der Waals surface area contributed by atoms with Crippen molar-refractivity contribution in [3.63, 3.8) is 0 Å². The van der Waals surface area contributed by atoms with Gasteiger partial charge in [-0.1, -0.05) is 25.1 Å². The SMILES string of the molecule is C[C@@H]1CCCCO[C@@H](CN(C)C(=O)c2ccccc2)[C@H](C)CN([C@H](C)CO)C(=O)c2cc(NC(=O)c3ccncc3)ccc2O1. The van der Waals surface area contributed by atoms with E-state index < -0.39 is 6.04 Å². The number of aliphatic hydroxyl groups excluding tert-OH is 1. The molecule has 4 rings (SSSR count). The normalized spacial score (nSPS) is 20.2. The second-order valence-electron chi connectivity index (χ2n) is 11.8. The van der Waals surface area contributed by atoms with E-state index in [1.54, 1.807) is 78.6 Å². The van der Waals surface area contributed by atoms with E-state index >= 15 is 0 Å². The van der Waals surface area contributed by atoms with Gasteiger partial charge in [0.1, 0.15) is 5.75 Å². The monoisotopic (exact) mass is 616 g/mol. The summed E-state index contributed by atoms with van der Waals surface area (Å²) in [6.45, 7) is 6.60. The standard InChI is InChI=1S/C35H44N4O6/c1-24-21-39(25(2)23-40)35(43)30-20-29(37-33(41)27-15-17-36-18-16-27)13-14-31(30)45-26(3)10-8-9-19-44-32(24)22-38(4)34(42)28-11-6-5-7-12-28/h5-7,11-18,20,24-26,32,40H,8-10,19,21-23H2,1-4H3,(H,37,41)/t24-,25-,26-,32+/m1/s1. The van der Waals surface area contributed by atoms with Gasteiger partial charge in [-0.05, 0) is 75.6 Å². The van der Waals surface area contributed by atoms with E-state index in [1.165, 1.54) is 0 Å². The van der Waals surface area contributed by atoms with Crippen LogP contribution in [0.15, 0.2) is 73.1 Å². The molecule has 45 heavy (non-hydrogen) atoms. The zero-order valence-electron chi connectivity index (χ0n) is 26.5. The molecule has 1 aliphatic rings. The maximum Gasteiger partial charge on any atom is 0.258 e. The summed E-state index contributed by atoms with van der Waals surface area (Å²) in [5, 5.41) is 13.1. The van der Waals surface area contributed by atoms with Crippen molar-refractivity contribution in [2.24, 2.45) is 5.92 Å². The molecule has 2 heterocycles. The number of anilines is 1. The molecule has 4 atom stereocenters. The van der Waals surface area contributed by atoms with E-state index in [2.05, 4.69) is 10.3 Å². The third kappa shape index (κ3) is 9.12. The molecule has 10 nitrogen and oxygen atoms in total. The van der Waals surface area contributed by atoms with Crippen LogP contribution in [0.2, 0.25) is 0 Å². The van der Waals surface area contributed by atoms with Gasteiger partial charge in [-0.25, -0.2) is 0 Å². The predicted octanol–water partition coefficient (Wildman–Crippen LogP) is 4.90. The number of benzene rings is 2. The van der Waals surface area contributed by atoms with Gasteiger partial charge >= 0.3 is 0 Å². The van der Waals surface area contributed by atoms with Crippen LogP contribution in [0, 0.1) is 5.92 Å². The lowest BCUT2D eigenvalue weighted by atomic mass is 10.0. The van der Waals surface area contributed by atoms with E-state index in [-0.39, 0.29) is 54.6 Å². The van der Waals surface area contributed by atoms with Crippen LogP contribution in [0.25, 0.3) is 0 Å². The van der Waals surface area contributed by atoms with Gasteiger partial charge < -0.3 is 29.7 Å². The molecule has 0 aliphatic carbocycles. The summed E-state index contributed by atoms with van der Waals surface area (Å²) in [5.74, 6) is -0.549. The van der Waals surface area contributed by atoms with Crippen molar-refractivity contribution in [3.8, 4) is 5.75 Å². The molecule has 1 aliphatic heterocycles. The molecule has 240 valence electrons. The number of carbonyl (C=O) groups excluding carboxylic acids is 3. The average molecular weight is 617 g/mol. The Kier molecular flexibility index (Phi) is 12.1. The molecule has 0 saturated heterocycles. The number of ether oxygens (including phenoxy) is 2. The minimum Gasteiger partial charge on any atom is -0.490 e. The van der Waals surface area contributed by atoms with Crippen LogP contribution in [-0.2, 0) is 4.74 Å². The van der Waals surface area contributed by atoms with Crippen LogP contribution in [0.5, 0.6) is 5.75 Å². The topological polar surface area (TPSA) is 121 Å². The third-order valence-corrected chi connectivity index (χ3v) is 8.07. The fourth-order valence-corrected chi connectivity index (χ4v) is 5.32. The Morgan fingerprint density at radius 1 is 1.07 bits per heavy atom. The van der Waals surface area contributed by atoms with Crippen molar-refractivity contribution in [3.05, 3.63) is 89.7 Å². The minimum atomic E-state index is -0.516. The van der Waals surface area contributed by atoms with Crippen molar-refractivity contribution < 1.29 is 29.0 Å². The molecular formula is C35H44N4O6. The molecule has 1 aromatic heterocycles. The Balaban J connectivity index is 1.63. The second kappa shape index (κ2) is 16.2. The molecule has 3 amide bonds. The average Bonchev–Trinajstić information content (AvgIpc) is 3.06. The first-order valence-electron chi connectivity index (χ1n) is 15.5. The summed E-state index contributed by atoms with van der Waals surface area (Å²) in [6.07, 6.45) is 4.97. The van der Waals surface area contributed by atoms with Crippen LogP contribution in [0.1, 0.15) is 71.1 Å². The van der Waals surface area contributed by atoms with Gasteiger partial charge in [0.05, 0.1) is 30.4 Å². The zero-order valence-corrected chi connectivity index (χ0v) is 26.5. The maximum atomic E-state index is 14.3. The van der Waals surface area contributed by atoms with Gasteiger partial charge in [0.15, 0.2) is 0 Å². The summed E-state index contributed by atoms with van der Waals surface area (Å²) in [4.78, 5) is 47.6. The van der Waals surface area contributed by atoms with Gasteiger partial charge in [0, 0.05) is 61.9 Å². The first-order chi connectivity index (χ1) is 21.7. The van der Waals surface area contributed by atoms with Gasteiger partial charge in [0.25, 0.3) is 17.7 Å². The Labute approximate surface area is 265 Å². The van der Waals surface area contributed by atoms with E-state index in [0.717, 1.165) is 19.3 Å². The largest absolute Gasteiger partial charge is 0.490 e. The number of aromatic nitrogens is 1. The molecular weight excluding hydrogens is 572 g/mol. The summed E-state index contributed by atoms with van der Waals surface area (Å²) in [5.41, 5.74) is 1.75. The molecule has 0 bridgehead atoms. The van der Waals surface area contributed by atoms with Crippen LogP contribution < -0.4 is 10.1 Å². The molecule has 3 aromatic rings. The van der Waals surface area contributed by atoms with Crippen LogP contribution in [0.3, 0.4) is 0 Å². The Hall–Kier alpha value is -4.28. The van der Waals surface area contributed by atoms with Crippen LogP contribution >= 0.6 is 0 Å². The third-order valence-electron chi connectivity index (χ3n) is 8.07. The van der Waals surface area contributed by atoms with Gasteiger partial charge in [-0.15, -0.1) is 0 Å². The van der Waals surface area contributed by atoms with E-state index in [9.17, 15) is 19.5 Å². The number of hydrogen-bond acceptors (Lipinski definition) is 7. The second-order valence-corrected chi connectivity index (χ2v) is 11.8. The molecule has 0 spiro atoms. The number of likely N-dealkylation sites (N-methyl/N-ethyl adjacent to an activating group) is 1. The predicted molar refractivity (Wildman–Crippen MR) is 172 cm³/mol. The number of pyridine rings is 1. The molecule has 0 radical (unpaired) electrons. The van der Waals surface area contributed by atoms with E-state index in [4.69, 9.17) is 9.47 Å². The summed E-state index contributed by atoms with van der Waals surface area (Å²) >= 11 is 0. The fourth-order valence-electron chi connectivity index (χ4n) is 5.32. The maximum absolute atomic E-state index is 14.3. The molecule has 0 fully saturated rings. The van der Waals surface area contributed by atoms with Gasteiger partial charge in [0.2, 0.25) is 0 Å². The van der Waals surface area contributed by atoms with Crippen molar-refractivity contribution >= 4 is 23.4 Å². The molecule has 0 saturated carbocycles. The number of fused-ring (bicyclic) bond motifs is 1. The van der Waals surface area contributed by atoms with Gasteiger partial charge in [-0.2, -0.15) is 0 Å². The van der Waals surface area contributed by atoms with E-state index in [0.29, 0.717) is 35.7 Å². The highest BCUT2D eigenvalue weighted by Gasteiger charge is 2.31. The number of aliphatic hydroxyl groups is 1. The van der Waals surface area contributed by atoms with Crippen molar-refractivity contribution in [2.45, 2.75) is 58.3 Å². The van der Waals surface area contributed by atoms with Crippen molar-refractivity contribution in [2.75, 3.05) is 38.7 Å². The van der Waals surface area contributed by atoms with Gasteiger partial charge in [-0.3, -0.25) is 19.4 Å². The minimum absolute atomic E-state index is 0.108. The Bertz CT molecular complexity index is 1420. The highest BCUT2D eigenvalue weighted by Crippen LogP contribution is 2.29. The number of nitrogens with zero attached hydrogens (tertiary/aromatic N) is 3. The zero-order chi connectivity index (χ0) is 32.3. The highest BCUT2D eigenvalue weighted by molar-refractivity contribution is 6.05. The van der Waals surface area contributed by atoms with Crippen LogP contribution in [0.4, 0.5) is 5.69 Å². The molecule has 2 N–H and O–H groups in total. The first-order valence-corrected chi connectivity index (χ1v) is 15.5. The summed E-state index contributed by atoms with van der Waals surface area (Å²) in [7, 11) is 1.76. The lowest BCUT2D eigenvalue weighted by molar-refractivity contribution is -0.0149. The lowest BCUT2D eigenvalue weighted by Crippen LogP contribution is -2.48.